The molecule has 0 unspecified atom stereocenters. The summed E-state index contributed by atoms with van der Waals surface area (Å²) < 4.78 is 7.24. The van der Waals surface area contributed by atoms with Crippen molar-refractivity contribution in [3.05, 3.63) is 40.5 Å². The van der Waals surface area contributed by atoms with E-state index in [1.54, 1.807) is 11.6 Å². The zero-order chi connectivity index (χ0) is 19.1. The number of quaternary nitrogens is 1. The van der Waals surface area contributed by atoms with Crippen LogP contribution in [0.5, 0.6) is 11.6 Å². The molecule has 0 spiro atoms. The smallest absolute Gasteiger partial charge is 0.235 e. The average molecular weight is 388 g/mol. The number of hydrogen-bond acceptors (Lipinski definition) is 5. The maximum absolute atomic E-state index is 11.0. The molecule has 27 heavy (non-hydrogen) atoms. The zero-order valence-electron chi connectivity index (χ0n) is 16.3. The number of thiazole rings is 1. The molecule has 0 radical (unpaired) electrons. The number of rotatable bonds is 4. The Hall–Kier alpha value is -2.12. The molecule has 3 heterocycles. The minimum Gasteiger partial charge on any atom is -0.496 e. The molecule has 2 aromatic heterocycles. The zero-order valence-corrected chi connectivity index (χ0v) is 17.1. The molecule has 1 aliphatic heterocycles. The topological polar surface area (TPSA) is 64.1 Å². The number of likely N-dealkylation sites (tertiary alicyclic amines) is 1. The van der Waals surface area contributed by atoms with Crippen molar-refractivity contribution in [2.45, 2.75) is 33.2 Å². The van der Waals surface area contributed by atoms with Gasteiger partial charge in [-0.3, -0.25) is 0 Å². The molecule has 6 nitrogen and oxygen atoms in total. The molecule has 3 aromatic rings. The number of ether oxygens (including phenoxy) is 1. The van der Waals surface area contributed by atoms with E-state index in [1.807, 2.05) is 25.1 Å². The van der Waals surface area contributed by atoms with Crippen molar-refractivity contribution in [3.8, 4) is 11.6 Å². The second-order valence-corrected chi connectivity index (χ2v) is 8.84. The van der Waals surface area contributed by atoms with Crippen molar-refractivity contribution in [3.63, 3.8) is 0 Å². The molecule has 7 heteroatoms. The second kappa shape index (κ2) is 7.13. The fraction of sp³-hybridized carbons (Fsp3) is 0.500. The normalized spacial score (nSPS) is 24.2. The minimum absolute atomic E-state index is 0.000145. The van der Waals surface area contributed by atoms with Gasteiger partial charge in [-0.1, -0.05) is 37.3 Å². The van der Waals surface area contributed by atoms with Crippen LogP contribution in [0.1, 0.15) is 42.6 Å². The van der Waals surface area contributed by atoms with Crippen molar-refractivity contribution in [1.82, 2.24) is 14.6 Å². The molecule has 0 saturated carbocycles. The van der Waals surface area contributed by atoms with E-state index in [4.69, 9.17) is 4.74 Å². The average Bonchev–Trinajstić information content (AvgIpc) is 3.13. The van der Waals surface area contributed by atoms with E-state index in [1.165, 1.54) is 22.7 Å². The molecule has 1 fully saturated rings. The standard InChI is InChI=1S/C20H26N4O2S/c1-12-9-13(2)11-23(10-12)17(15-7-5-6-8-16(15)26-4)18-19(25)24-20(27-18)21-14(3)22-24/h5-8,12-13,17,25H,9-11H2,1-4H3/p+1/t12-,13-,17+/m0/s1. The molecule has 2 N–H and O–H groups in total. The second-order valence-electron chi connectivity index (χ2n) is 7.83. The molecule has 0 bridgehead atoms. The Bertz CT molecular complexity index is 941. The van der Waals surface area contributed by atoms with Gasteiger partial charge in [-0.15, -0.1) is 5.10 Å². The number of nitrogens with zero attached hydrogens (tertiary/aromatic N) is 3. The third kappa shape index (κ3) is 3.30. The molecule has 1 aromatic carbocycles. The van der Waals surface area contributed by atoms with Crippen LogP contribution in [-0.4, -0.2) is 39.9 Å². The van der Waals surface area contributed by atoms with Gasteiger partial charge >= 0.3 is 0 Å². The largest absolute Gasteiger partial charge is 0.496 e. The summed E-state index contributed by atoms with van der Waals surface area (Å²) in [6.45, 7) is 8.62. The van der Waals surface area contributed by atoms with Crippen LogP contribution in [-0.2, 0) is 0 Å². The number of nitrogens with one attached hydrogen (secondary N) is 1. The summed E-state index contributed by atoms with van der Waals surface area (Å²) in [4.78, 5) is 7.56. The Kier molecular flexibility index (Phi) is 4.82. The maximum atomic E-state index is 11.0. The van der Waals surface area contributed by atoms with Gasteiger partial charge in [0.2, 0.25) is 10.8 Å². The van der Waals surface area contributed by atoms with Crippen LogP contribution in [0.4, 0.5) is 0 Å². The van der Waals surface area contributed by atoms with Gasteiger partial charge in [-0.05, 0) is 25.5 Å². The SMILES string of the molecule is COc1ccccc1[C@H](c1sc2nc(C)nn2c1O)[NH+]1C[C@@H](C)C[C@H](C)C1. The summed E-state index contributed by atoms with van der Waals surface area (Å²) in [5.41, 5.74) is 1.10. The van der Waals surface area contributed by atoms with E-state index in [9.17, 15) is 5.11 Å². The highest BCUT2D eigenvalue weighted by Crippen LogP contribution is 2.38. The third-order valence-electron chi connectivity index (χ3n) is 5.45. The van der Waals surface area contributed by atoms with E-state index in [2.05, 4.69) is 30.0 Å². The first kappa shape index (κ1) is 18.3. The van der Waals surface area contributed by atoms with Gasteiger partial charge in [0.25, 0.3) is 0 Å². The number of piperidine rings is 1. The lowest BCUT2D eigenvalue weighted by molar-refractivity contribution is -0.936. The molecule has 0 aliphatic carbocycles. The first-order valence-electron chi connectivity index (χ1n) is 9.50. The lowest BCUT2D eigenvalue weighted by Gasteiger charge is -2.37. The fourth-order valence-electron chi connectivity index (χ4n) is 4.56. The number of aryl methyl sites for hydroxylation is 1. The van der Waals surface area contributed by atoms with Crippen LogP contribution in [0.2, 0.25) is 0 Å². The van der Waals surface area contributed by atoms with Gasteiger partial charge in [-0.2, -0.15) is 4.52 Å². The number of fused-ring (bicyclic) bond motifs is 1. The summed E-state index contributed by atoms with van der Waals surface area (Å²) >= 11 is 1.53. The molecule has 3 atom stereocenters. The van der Waals surface area contributed by atoms with E-state index < -0.39 is 0 Å². The number of hydrogen-bond donors (Lipinski definition) is 2. The predicted molar refractivity (Wildman–Crippen MR) is 106 cm³/mol. The van der Waals surface area contributed by atoms with Gasteiger partial charge in [0.05, 0.1) is 25.8 Å². The van der Waals surface area contributed by atoms with Crippen LogP contribution < -0.4 is 9.64 Å². The molecule has 144 valence electrons. The fourth-order valence-corrected chi connectivity index (χ4v) is 5.73. The van der Waals surface area contributed by atoms with Crippen molar-refractivity contribution in [1.29, 1.82) is 0 Å². The molecule has 1 saturated heterocycles. The Morgan fingerprint density at radius 2 is 1.96 bits per heavy atom. The number of methoxy groups -OCH3 is 1. The van der Waals surface area contributed by atoms with Crippen LogP contribution in [0, 0.1) is 18.8 Å². The first-order chi connectivity index (χ1) is 13.0. The lowest BCUT2D eigenvalue weighted by Crippen LogP contribution is -3.14. The van der Waals surface area contributed by atoms with Gasteiger partial charge in [0, 0.05) is 11.8 Å². The van der Waals surface area contributed by atoms with Crippen LogP contribution >= 0.6 is 11.3 Å². The highest BCUT2D eigenvalue weighted by molar-refractivity contribution is 7.17. The van der Waals surface area contributed by atoms with Crippen molar-refractivity contribution in [2.75, 3.05) is 20.2 Å². The van der Waals surface area contributed by atoms with Crippen LogP contribution in [0.25, 0.3) is 4.96 Å². The van der Waals surface area contributed by atoms with Crippen molar-refractivity contribution >= 4 is 16.3 Å². The monoisotopic (exact) mass is 387 g/mol. The summed E-state index contributed by atoms with van der Waals surface area (Å²) in [6.07, 6.45) is 1.25. The maximum Gasteiger partial charge on any atom is 0.235 e. The summed E-state index contributed by atoms with van der Waals surface area (Å²) in [7, 11) is 1.71. The Balaban J connectivity index is 1.87. The Morgan fingerprint density at radius 1 is 1.26 bits per heavy atom. The lowest BCUT2D eigenvalue weighted by atomic mass is 9.89. The summed E-state index contributed by atoms with van der Waals surface area (Å²) in [6, 6.07) is 8.14. The molecule has 0 amide bonds. The number of aromatic nitrogens is 3. The first-order valence-corrected chi connectivity index (χ1v) is 10.3. The number of para-hydroxylation sites is 1. The van der Waals surface area contributed by atoms with E-state index >= 15 is 0 Å². The Labute approximate surface area is 163 Å². The molecule has 4 rings (SSSR count). The van der Waals surface area contributed by atoms with Gasteiger partial charge in [-0.25, -0.2) is 4.98 Å². The highest BCUT2D eigenvalue weighted by Gasteiger charge is 2.38. The predicted octanol–water partition coefficient (Wildman–Crippen LogP) is 2.46. The third-order valence-corrected chi connectivity index (χ3v) is 6.54. The van der Waals surface area contributed by atoms with Gasteiger partial charge in [0.1, 0.15) is 16.5 Å². The van der Waals surface area contributed by atoms with Crippen molar-refractivity contribution in [2.24, 2.45) is 11.8 Å². The van der Waals surface area contributed by atoms with Gasteiger partial charge < -0.3 is 14.7 Å². The molecule has 1 aliphatic rings. The molecular formula is C20H27N4O2S+. The van der Waals surface area contributed by atoms with E-state index in [-0.39, 0.29) is 11.9 Å². The highest BCUT2D eigenvalue weighted by atomic mass is 32.1. The van der Waals surface area contributed by atoms with Crippen LogP contribution in [0.15, 0.2) is 24.3 Å². The number of benzene rings is 1. The number of aromatic hydroxyl groups is 1. The van der Waals surface area contributed by atoms with Crippen molar-refractivity contribution < 1.29 is 14.7 Å². The Morgan fingerprint density at radius 3 is 2.63 bits per heavy atom. The van der Waals surface area contributed by atoms with E-state index in [0.717, 1.165) is 34.2 Å². The van der Waals surface area contributed by atoms with E-state index in [0.29, 0.717) is 17.7 Å². The molecular weight excluding hydrogens is 360 g/mol. The quantitative estimate of drug-likeness (QED) is 0.722. The van der Waals surface area contributed by atoms with Gasteiger partial charge in [0.15, 0.2) is 6.04 Å². The minimum atomic E-state index is 0.000145. The summed E-state index contributed by atoms with van der Waals surface area (Å²) in [5, 5.41) is 15.3. The summed E-state index contributed by atoms with van der Waals surface area (Å²) in [5.74, 6) is 3.02. The van der Waals surface area contributed by atoms with Crippen LogP contribution in [0.3, 0.4) is 0 Å².